The molecule has 0 bridgehead atoms. The molecule has 0 aliphatic rings. The molecule has 0 radical (unpaired) electrons. The molecular formula is C11H10N4. The minimum absolute atomic E-state index is 0.418. The quantitative estimate of drug-likeness (QED) is 0.733. The van der Waals surface area contributed by atoms with Crippen molar-refractivity contribution in [1.82, 2.24) is 9.97 Å². The number of aromatic nitrogens is 2. The number of nitriles is 1. The summed E-state index contributed by atoms with van der Waals surface area (Å²) in [6.45, 7) is 1.88. The highest BCUT2D eigenvalue weighted by Gasteiger charge is 2.12. The number of H-pyrrole nitrogens is 1. The zero-order chi connectivity index (χ0) is 10.8. The predicted octanol–water partition coefficient (Wildman–Crippen LogP) is 1.84. The summed E-state index contributed by atoms with van der Waals surface area (Å²) in [5.41, 5.74) is 8.95. The number of hydrogen-bond acceptors (Lipinski definition) is 3. The molecule has 0 aliphatic heterocycles. The van der Waals surface area contributed by atoms with E-state index in [1.807, 2.05) is 19.1 Å². The fraction of sp³-hybridized carbons (Fsp3) is 0.0909. The Balaban J connectivity index is 2.62. The highest BCUT2D eigenvalue weighted by Crippen LogP contribution is 2.27. The summed E-state index contributed by atoms with van der Waals surface area (Å²) in [6, 6.07) is 5.83. The molecule has 0 aliphatic carbocycles. The van der Waals surface area contributed by atoms with Crippen LogP contribution < -0.4 is 5.73 Å². The van der Waals surface area contributed by atoms with E-state index in [1.165, 1.54) is 0 Å². The maximum absolute atomic E-state index is 8.90. The third kappa shape index (κ3) is 1.44. The second-order valence-corrected chi connectivity index (χ2v) is 3.26. The minimum atomic E-state index is 0.418. The van der Waals surface area contributed by atoms with Gasteiger partial charge in [0.2, 0.25) is 0 Å². The summed E-state index contributed by atoms with van der Waals surface area (Å²) in [7, 11) is 0. The van der Waals surface area contributed by atoms with Crippen LogP contribution in [-0.2, 0) is 0 Å². The Labute approximate surface area is 87.4 Å². The second kappa shape index (κ2) is 3.46. The standard InChI is InChI=1S/C11H10N4/c1-7-9(6-12)11(13)15-10(7)8-2-4-14-5-3-8/h2-5,15H,13H2,1H3. The molecule has 0 unspecified atom stereocenters. The number of nitrogens with one attached hydrogen (secondary N) is 1. The zero-order valence-electron chi connectivity index (χ0n) is 8.28. The van der Waals surface area contributed by atoms with Gasteiger partial charge in [0.1, 0.15) is 11.9 Å². The fourth-order valence-corrected chi connectivity index (χ4v) is 1.57. The maximum Gasteiger partial charge on any atom is 0.119 e. The maximum atomic E-state index is 8.90. The molecule has 0 fully saturated rings. The second-order valence-electron chi connectivity index (χ2n) is 3.26. The summed E-state index contributed by atoms with van der Waals surface area (Å²) in [5, 5.41) is 8.90. The monoisotopic (exact) mass is 198 g/mol. The van der Waals surface area contributed by atoms with E-state index >= 15 is 0 Å². The lowest BCUT2D eigenvalue weighted by molar-refractivity contribution is 1.30. The first kappa shape index (κ1) is 9.28. The van der Waals surface area contributed by atoms with Crippen LogP contribution >= 0.6 is 0 Å². The van der Waals surface area contributed by atoms with Crippen molar-refractivity contribution in [2.45, 2.75) is 6.92 Å². The normalized spacial score (nSPS) is 9.87. The number of rotatable bonds is 1. The molecule has 15 heavy (non-hydrogen) atoms. The average Bonchev–Trinajstić information content (AvgIpc) is 2.55. The van der Waals surface area contributed by atoms with Crippen LogP contribution in [0.2, 0.25) is 0 Å². The fourth-order valence-electron chi connectivity index (χ4n) is 1.57. The molecule has 0 saturated heterocycles. The van der Waals surface area contributed by atoms with Crippen molar-refractivity contribution in [3.63, 3.8) is 0 Å². The molecule has 0 saturated carbocycles. The van der Waals surface area contributed by atoms with Gasteiger partial charge in [0, 0.05) is 18.0 Å². The smallest absolute Gasteiger partial charge is 0.119 e. The molecule has 4 heteroatoms. The van der Waals surface area contributed by atoms with Crippen LogP contribution in [0, 0.1) is 18.3 Å². The van der Waals surface area contributed by atoms with Crippen LogP contribution in [0.4, 0.5) is 5.82 Å². The Kier molecular flexibility index (Phi) is 2.14. The third-order valence-electron chi connectivity index (χ3n) is 2.36. The van der Waals surface area contributed by atoms with Gasteiger partial charge in [-0.05, 0) is 24.6 Å². The Bertz CT molecular complexity index is 520. The van der Waals surface area contributed by atoms with Crippen molar-refractivity contribution in [1.29, 1.82) is 5.26 Å². The van der Waals surface area contributed by atoms with Crippen molar-refractivity contribution in [2.75, 3.05) is 5.73 Å². The van der Waals surface area contributed by atoms with Crippen LogP contribution in [0.5, 0.6) is 0 Å². The van der Waals surface area contributed by atoms with Crippen LogP contribution in [0.3, 0.4) is 0 Å². The summed E-state index contributed by atoms with van der Waals surface area (Å²) in [6.07, 6.45) is 3.41. The van der Waals surface area contributed by atoms with Crippen molar-refractivity contribution in [2.24, 2.45) is 0 Å². The van der Waals surface area contributed by atoms with E-state index in [-0.39, 0.29) is 0 Å². The number of nitrogens with zero attached hydrogens (tertiary/aromatic N) is 2. The van der Waals surface area contributed by atoms with Gasteiger partial charge in [0.25, 0.3) is 0 Å². The largest absolute Gasteiger partial charge is 0.384 e. The number of pyridine rings is 1. The average molecular weight is 198 g/mol. The topological polar surface area (TPSA) is 78.5 Å². The van der Waals surface area contributed by atoms with Gasteiger partial charge in [-0.15, -0.1) is 0 Å². The van der Waals surface area contributed by atoms with E-state index < -0.39 is 0 Å². The van der Waals surface area contributed by atoms with Crippen molar-refractivity contribution in [3.05, 3.63) is 35.7 Å². The molecule has 2 heterocycles. The Morgan fingerprint density at radius 1 is 1.40 bits per heavy atom. The van der Waals surface area contributed by atoms with Gasteiger partial charge < -0.3 is 10.7 Å². The number of hydrogen-bond donors (Lipinski definition) is 2. The molecule has 2 rings (SSSR count). The van der Waals surface area contributed by atoms with Crippen LogP contribution in [-0.4, -0.2) is 9.97 Å². The molecule has 2 aromatic heterocycles. The van der Waals surface area contributed by atoms with E-state index in [1.54, 1.807) is 12.4 Å². The van der Waals surface area contributed by atoms with Crippen molar-refractivity contribution in [3.8, 4) is 17.3 Å². The van der Waals surface area contributed by atoms with Gasteiger partial charge in [-0.2, -0.15) is 5.26 Å². The highest BCUT2D eigenvalue weighted by atomic mass is 14.9. The molecule has 74 valence electrons. The van der Waals surface area contributed by atoms with Crippen LogP contribution in [0.15, 0.2) is 24.5 Å². The first-order valence-corrected chi connectivity index (χ1v) is 4.52. The summed E-state index contributed by atoms with van der Waals surface area (Å²) in [4.78, 5) is 6.95. The predicted molar refractivity (Wildman–Crippen MR) is 57.9 cm³/mol. The van der Waals surface area contributed by atoms with Crippen LogP contribution in [0.25, 0.3) is 11.3 Å². The van der Waals surface area contributed by atoms with E-state index in [4.69, 9.17) is 11.0 Å². The van der Waals surface area contributed by atoms with Gasteiger partial charge in [-0.3, -0.25) is 4.98 Å². The lowest BCUT2D eigenvalue weighted by atomic mass is 10.1. The van der Waals surface area contributed by atoms with E-state index in [0.29, 0.717) is 11.4 Å². The lowest BCUT2D eigenvalue weighted by Crippen LogP contribution is -1.87. The summed E-state index contributed by atoms with van der Waals surface area (Å²) in [5.74, 6) is 0.418. The Hall–Kier alpha value is -2.28. The van der Waals surface area contributed by atoms with E-state index in [2.05, 4.69) is 16.0 Å². The van der Waals surface area contributed by atoms with Gasteiger partial charge >= 0.3 is 0 Å². The first-order valence-electron chi connectivity index (χ1n) is 4.52. The Morgan fingerprint density at radius 3 is 2.60 bits per heavy atom. The molecule has 0 atom stereocenters. The molecular weight excluding hydrogens is 188 g/mol. The lowest BCUT2D eigenvalue weighted by Gasteiger charge is -1.98. The number of nitrogens with two attached hydrogens (primary N) is 1. The molecule has 0 amide bonds. The van der Waals surface area contributed by atoms with E-state index in [9.17, 15) is 0 Å². The molecule has 2 aromatic rings. The minimum Gasteiger partial charge on any atom is -0.384 e. The molecule has 4 nitrogen and oxygen atoms in total. The first-order chi connectivity index (χ1) is 7.24. The van der Waals surface area contributed by atoms with Gasteiger partial charge in [0.05, 0.1) is 11.3 Å². The molecule has 0 aromatic carbocycles. The van der Waals surface area contributed by atoms with Gasteiger partial charge in [0.15, 0.2) is 0 Å². The van der Waals surface area contributed by atoms with E-state index in [0.717, 1.165) is 16.8 Å². The third-order valence-corrected chi connectivity index (χ3v) is 2.36. The summed E-state index contributed by atoms with van der Waals surface area (Å²) < 4.78 is 0. The van der Waals surface area contributed by atoms with Crippen LogP contribution in [0.1, 0.15) is 11.1 Å². The number of aromatic amines is 1. The molecule has 3 N–H and O–H groups in total. The summed E-state index contributed by atoms with van der Waals surface area (Å²) >= 11 is 0. The van der Waals surface area contributed by atoms with Gasteiger partial charge in [-0.25, -0.2) is 0 Å². The highest BCUT2D eigenvalue weighted by molar-refractivity contribution is 5.72. The Morgan fingerprint density at radius 2 is 2.07 bits per heavy atom. The van der Waals surface area contributed by atoms with Gasteiger partial charge in [-0.1, -0.05) is 0 Å². The van der Waals surface area contributed by atoms with Crippen molar-refractivity contribution < 1.29 is 0 Å². The number of nitrogen functional groups attached to an aromatic ring is 1. The van der Waals surface area contributed by atoms with Crippen molar-refractivity contribution >= 4 is 5.82 Å². The SMILES string of the molecule is Cc1c(-c2ccncc2)[nH]c(N)c1C#N. The number of anilines is 1. The zero-order valence-corrected chi connectivity index (χ0v) is 8.28. The molecule has 0 spiro atoms.